The Kier molecular flexibility index (Phi) is 6.57. The summed E-state index contributed by atoms with van der Waals surface area (Å²) in [5.41, 5.74) is -3.89. The highest BCUT2D eigenvalue weighted by atomic mass is 32.0. The van der Waals surface area contributed by atoms with Crippen molar-refractivity contribution in [3.63, 3.8) is 0 Å². The van der Waals surface area contributed by atoms with E-state index in [2.05, 4.69) is 23.2 Å². The molecule has 6 rings (SSSR count). The average Bonchev–Trinajstić information content (AvgIpc) is 2.90. The Labute approximate surface area is 242 Å². The number of carboxylic acids is 1. The van der Waals surface area contributed by atoms with Gasteiger partial charge in [0.1, 0.15) is 30.0 Å². The van der Waals surface area contributed by atoms with E-state index in [1.165, 1.54) is 6.07 Å². The lowest BCUT2D eigenvalue weighted by molar-refractivity contribution is -0.582. The quantitative estimate of drug-likeness (QED) is 0.213. The van der Waals surface area contributed by atoms with Crippen molar-refractivity contribution in [2.75, 3.05) is 31.1 Å². The Bertz CT molecular complexity index is 1870. The topological polar surface area (TPSA) is 88.8 Å². The third kappa shape index (κ3) is 3.93. The molecular formula is C30H24F3N4O3P2+. The predicted molar refractivity (Wildman–Crippen MR) is 156 cm³/mol. The number of hydrogen-bond acceptors (Lipinski definition) is 4. The highest BCUT2D eigenvalue weighted by Gasteiger charge is 2.47. The molecule has 1 aliphatic carbocycles. The van der Waals surface area contributed by atoms with E-state index in [9.17, 15) is 19.7 Å². The number of carboxylic acid groups (broad SMARTS) is 1. The molecule has 4 aliphatic rings. The highest BCUT2D eigenvalue weighted by molar-refractivity contribution is 8.24. The molecule has 2 aromatic carbocycles. The molecular weight excluding hydrogens is 583 g/mol. The van der Waals surface area contributed by atoms with Crippen LogP contribution in [0.4, 0.5) is 18.9 Å². The molecule has 3 unspecified atom stereocenters. The number of fused-ring (bicyclic) bond motifs is 2. The van der Waals surface area contributed by atoms with Crippen molar-refractivity contribution in [2.24, 2.45) is 0 Å². The van der Waals surface area contributed by atoms with Gasteiger partial charge in [-0.3, -0.25) is 4.85 Å². The van der Waals surface area contributed by atoms with E-state index in [-0.39, 0.29) is 16.7 Å². The van der Waals surface area contributed by atoms with Gasteiger partial charge in [-0.1, -0.05) is 15.0 Å². The molecule has 0 spiro atoms. The zero-order valence-corrected chi connectivity index (χ0v) is 24.5. The number of allylic oxidation sites excluding steroid dienone is 5. The molecule has 0 aromatic heterocycles. The zero-order chi connectivity index (χ0) is 30.1. The normalized spacial score (nSPS) is 22.2. The largest absolute Gasteiger partial charge is 0.478 e. The molecule has 42 heavy (non-hydrogen) atoms. The molecule has 212 valence electrons. The number of halogens is 3. The molecule has 7 nitrogen and oxygen atoms in total. The molecule has 3 atom stereocenters. The van der Waals surface area contributed by atoms with Gasteiger partial charge in [0.15, 0.2) is 24.5 Å². The lowest BCUT2D eigenvalue weighted by Crippen LogP contribution is -2.37. The first kappa shape index (κ1) is 28.2. The fourth-order valence-electron chi connectivity index (χ4n) is 5.76. The van der Waals surface area contributed by atoms with E-state index in [0.717, 1.165) is 57.3 Å². The minimum atomic E-state index is -3.46. The van der Waals surface area contributed by atoms with Crippen LogP contribution in [0.5, 0.6) is 0 Å². The number of hydrogen-bond donors (Lipinski definition) is 1. The van der Waals surface area contributed by atoms with E-state index in [1.807, 2.05) is 0 Å². The molecule has 12 heteroatoms. The summed E-state index contributed by atoms with van der Waals surface area (Å²) in [6.07, 6.45) is 7.02. The second kappa shape index (κ2) is 9.80. The van der Waals surface area contributed by atoms with Crippen molar-refractivity contribution in [1.82, 2.24) is 0 Å². The molecule has 3 aliphatic heterocycles. The van der Waals surface area contributed by atoms with Crippen molar-refractivity contribution in [2.45, 2.75) is 25.3 Å². The molecule has 0 saturated carbocycles. The number of benzene rings is 2. The lowest BCUT2D eigenvalue weighted by Gasteiger charge is -2.36. The number of nitriles is 1. The van der Waals surface area contributed by atoms with Gasteiger partial charge < -0.3 is 14.6 Å². The smallest absolute Gasteiger partial charge is 0.343 e. The van der Waals surface area contributed by atoms with Gasteiger partial charge in [0.05, 0.1) is 6.42 Å². The van der Waals surface area contributed by atoms with Crippen LogP contribution < -0.4 is 10.2 Å². The van der Waals surface area contributed by atoms with Crippen molar-refractivity contribution in [3.05, 3.63) is 98.4 Å². The first-order valence-corrected chi connectivity index (χ1v) is 16.6. The monoisotopic (exact) mass is 607 g/mol. The van der Waals surface area contributed by atoms with Gasteiger partial charge in [0, 0.05) is 59.6 Å². The number of nitrogens with zero attached hydrogens (tertiary/aromatic N) is 4. The minimum Gasteiger partial charge on any atom is -0.478 e. The van der Waals surface area contributed by atoms with Crippen molar-refractivity contribution in [3.8, 4) is 6.07 Å². The van der Waals surface area contributed by atoms with Gasteiger partial charge in [0.25, 0.3) is 0 Å². The summed E-state index contributed by atoms with van der Waals surface area (Å²) in [5.74, 6) is -7.26. The van der Waals surface area contributed by atoms with Crippen molar-refractivity contribution in [1.29, 1.82) is 5.26 Å². The van der Waals surface area contributed by atoms with E-state index >= 15 is 13.2 Å². The summed E-state index contributed by atoms with van der Waals surface area (Å²) in [4.78, 5) is 17.6. The van der Waals surface area contributed by atoms with Crippen LogP contribution in [0.1, 0.15) is 46.8 Å². The van der Waals surface area contributed by atoms with Crippen molar-refractivity contribution < 1.29 is 32.2 Å². The summed E-state index contributed by atoms with van der Waals surface area (Å²) >= 11 is 0. The maximum absolute atomic E-state index is 16.6. The maximum Gasteiger partial charge on any atom is 0.343 e. The SMILES string of the molecule is [C-]#[N+]C(C)(C#N)c1c(F)c(F)c(C(=O)O)c(C2=C3C=CC(=[N+]4CCC4)C=C3P(=O)(P)c3cc(N4CCC4)ccc32)c1F. The van der Waals surface area contributed by atoms with Crippen LogP contribution in [0.25, 0.3) is 10.4 Å². The number of anilines is 1. The number of rotatable bonds is 4. The zero-order valence-electron chi connectivity index (χ0n) is 22.4. The van der Waals surface area contributed by atoms with Gasteiger partial charge in [0.2, 0.25) is 5.71 Å². The molecule has 3 heterocycles. The molecule has 2 aromatic rings. The number of carbonyl (C=O) groups is 1. The van der Waals surface area contributed by atoms with Crippen LogP contribution in [-0.4, -0.2) is 47.5 Å². The predicted octanol–water partition coefficient (Wildman–Crippen LogP) is 5.58. The summed E-state index contributed by atoms with van der Waals surface area (Å²) in [7, 11) is 2.43. The molecule has 0 amide bonds. The molecule has 2 fully saturated rings. The van der Waals surface area contributed by atoms with Gasteiger partial charge in [-0.15, -0.1) is 0 Å². The Morgan fingerprint density at radius 2 is 1.90 bits per heavy atom. The first-order chi connectivity index (χ1) is 19.9. The summed E-state index contributed by atoms with van der Waals surface area (Å²) in [5, 5.41) is 20.3. The summed E-state index contributed by atoms with van der Waals surface area (Å²) in [6, 6.07) is 6.58. The Morgan fingerprint density at radius 3 is 2.45 bits per heavy atom. The summed E-state index contributed by atoms with van der Waals surface area (Å²) in [6.45, 7) is 8.09. The third-order valence-corrected chi connectivity index (χ3v) is 12.2. The van der Waals surface area contributed by atoms with E-state index in [1.54, 1.807) is 36.4 Å². The lowest BCUT2D eigenvalue weighted by atomic mass is 9.82. The van der Waals surface area contributed by atoms with Gasteiger partial charge in [-0.2, -0.15) is 5.26 Å². The van der Waals surface area contributed by atoms with Crippen LogP contribution >= 0.6 is 15.8 Å². The Balaban J connectivity index is 1.77. The Hall–Kier alpha value is -3.97. The average molecular weight is 607 g/mol. The molecule has 2 saturated heterocycles. The van der Waals surface area contributed by atoms with Crippen LogP contribution in [0.2, 0.25) is 0 Å². The second-order valence-corrected chi connectivity index (χ2v) is 15.2. The summed E-state index contributed by atoms with van der Waals surface area (Å²) < 4.78 is 64.3. The van der Waals surface area contributed by atoms with E-state index < -0.39 is 52.5 Å². The standard InChI is InChI=1S/C30H23F3N4O3P2/c1-30(15-34,35-2)25-26(31)23(24(29(38)39)27(32)28(25)33)22-18-7-5-16(36-9-3-10-36)13-20(18)42(40,41)21-14-17(6-8-19(21)22)37-11-4-12-37/h5-8,13-14H,3-4,9-12,41H2,1H3/p+1. The number of aromatic carboxylic acids is 1. The molecule has 0 radical (unpaired) electrons. The fraction of sp³-hybridized carbons (Fsp3) is 0.267. The van der Waals surface area contributed by atoms with Gasteiger partial charge in [-0.05, 0) is 35.8 Å². The van der Waals surface area contributed by atoms with E-state index in [0.29, 0.717) is 10.6 Å². The van der Waals surface area contributed by atoms with Gasteiger partial charge >= 0.3 is 11.5 Å². The van der Waals surface area contributed by atoms with Crippen molar-refractivity contribution >= 4 is 44.0 Å². The molecule has 1 N–H and O–H groups in total. The van der Waals surface area contributed by atoms with Crippen LogP contribution in [-0.2, 0) is 10.1 Å². The molecule has 0 bridgehead atoms. The highest BCUT2D eigenvalue weighted by Crippen LogP contribution is 2.68. The minimum absolute atomic E-state index is 0.0976. The fourth-order valence-corrected chi connectivity index (χ4v) is 9.04. The van der Waals surface area contributed by atoms with E-state index in [4.69, 9.17) is 6.57 Å². The van der Waals surface area contributed by atoms with Crippen LogP contribution in [0.3, 0.4) is 0 Å². The van der Waals surface area contributed by atoms with Crippen LogP contribution in [0.15, 0.2) is 47.3 Å². The first-order valence-electron chi connectivity index (χ1n) is 13.2. The van der Waals surface area contributed by atoms with Gasteiger partial charge in [-0.25, -0.2) is 29.1 Å². The third-order valence-electron chi connectivity index (χ3n) is 8.37. The maximum atomic E-state index is 16.6. The Morgan fingerprint density at radius 1 is 1.19 bits per heavy atom. The van der Waals surface area contributed by atoms with Crippen LogP contribution in [0, 0.1) is 35.4 Å². The second-order valence-electron chi connectivity index (χ2n) is 10.8.